The number of primary sulfonamides is 1. The number of rotatable bonds is 9. The summed E-state index contributed by atoms with van der Waals surface area (Å²) in [4.78, 5) is 26.8. The molecule has 30 heavy (non-hydrogen) atoms. The standard InChI is InChI=1S/C21H30N4O4S/c1-6-24(13-21(27)23-14(2)3)12-20(26)19-11-15(4)25(16(19)5)17-7-9-18(10-8-17)30(22,28)29/h7-11,14H,6,12-13H2,1-5H3,(H,23,27)(H2,22,28,29). The van der Waals surface area contributed by atoms with Crippen LogP contribution in [-0.4, -0.2) is 55.3 Å². The molecule has 0 aliphatic carbocycles. The lowest BCUT2D eigenvalue weighted by molar-refractivity contribution is -0.122. The summed E-state index contributed by atoms with van der Waals surface area (Å²) in [5.74, 6) is -0.185. The summed E-state index contributed by atoms with van der Waals surface area (Å²) in [7, 11) is -3.77. The topological polar surface area (TPSA) is 114 Å². The summed E-state index contributed by atoms with van der Waals surface area (Å²) in [6.45, 7) is 10.3. The van der Waals surface area contributed by atoms with Crippen LogP contribution in [-0.2, 0) is 14.8 Å². The van der Waals surface area contributed by atoms with Gasteiger partial charge in [0.25, 0.3) is 0 Å². The monoisotopic (exact) mass is 434 g/mol. The maximum Gasteiger partial charge on any atom is 0.238 e. The van der Waals surface area contributed by atoms with E-state index in [-0.39, 0.29) is 35.7 Å². The van der Waals surface area contributed by atoms with Crippen LogP contribution in [0.3, 0.4) is 0 Å². The first-order chi connectivity index (χ1) is 13.9. The molecule has 0 spiro atoms. The minimum absolute atomic E-state index is 0.0308. The van der Waals surface area contributed by atoms with Crippen molar-refractivity contribution in [1.82, 2.24) is 14.8 Å². The molecule has 9 heteroatoms. The predicted molar refractivity (Wildman–Crippen MR) is 116 cm³/mol. The molecule has 164 valence electrons. The van der Waals surface area contributed by atoms with Crippen LogP contribution < -0.4 is 10.5 Å². The molecule has 0 atom stereocenters. The molecule has 0 radical (unpaired) electrons. The number of carbonyl (C=O) groups excluding carboxylic acids is 2. The van der Waals surface area contributed by atoms with Gasteiger partial charge in [0.2, 0.25) is 15.9 Å². The summed E-state index contributed by atoms with van der Waals surface area (Å²) < 4.78 is 24.8. The molecule has 0 unspecified atom stereocenters. The van der Waals surface area contributed by atoms with Crippen LogP contribution in [0.25, 0.3) is 5.69 Å². The Morgan fingerprint density at radius 2 is 1.73 bits per heavy atom. The fraction of sp³-hybridized carbons (Fsp3) is 0.429. The molecule has 1 aromatic heterocycles. The number of amides is 1. The van der Waals surface area contributed by atoms with Gasteiger partial charge in [0.1, 0.15) is 0 Å². The van der Waals surface area contributed by atoms with Crippen molar-refractivity contribution in [2.24, 2.45) is 5.14 Å². The Morgan fingerprint density at radius 1 is 1.13 bits per heavy atom. The van der Waals surface area contributed by atoms with Gasteiger partial charge in [-0.1, -0.05) is 6.92 Å². The molecule has 0 fully saturated rings. The third-order valence-corrected chi connectivity index (χ3v) is 5.72. The van der Waals surface area contributed by atoms with Crippen LogP contribution in [0.5, 0.6) is 0 Å². The number of nitrogens with one attached hydrogen (secondary N) is 1. The Kier molecular flexibility index (Phi) is 7.57. The molecule has 0 aliphatic rings. The normalized spacial score (nSPS) is 11.9. The van der Waals surface area contributed by atoms with Gasteiger partial charge in [0.05, 0.1) is 18.0 Å². The molecule has 2 rings (SSSR count). The number of aryl methyl sites for hydroxylation is 1. The van der Waals surface area contributed by atoms with Crippen molar-refractivity contribution in [2.75, 3.05) is 19.6 Å². The van der Waals surface area contributed by atoms with Gasteiger partial charge in [-0.25, -0.2) is 13.6 Å². The molecular weight excluding hydrogens is 404 g/mol. The SMILES string of the molecule is CCN(CC(=O)NC(C)C)CC(=O)c1cc(C)n(-c2ccc(S(N)(=O)=O)cc2)c1C. The molecule has 3 N–H and O–H groups in total. The van der Waals surface area contributed by atoms with Gasteiger partial charge in [-0.15, -0.1) is 0 Å². The van der Waals surface area contributed by atoms with Crippen molar-refractivity contribution in [2.45, 2.75) is 45.6 Å². The number of carbonyl (C=O) groups is 2. The van der Waals surface area contributed by atoms with Crippen LogP contribution in [0.1, 0.15) is 42.5 Å². The minimum atomic E-state index is -3.77. The van der Waals surface area contributed by atoms with E-state index in [0.717, 1.165) is 17.1 Å². The minimum Gasteiger partial charge on any atom is -0.353 e. The van der Waals surface area contributed by atoms with E-state index in [4.69, 9.17) is 5.14 Å². The highest BCUT2D eigenvalue weighted by molar-refractivity contribution is 7.89. The first-order valence-electron chi connectivity index (χ1n) is 9.81. The Hall–Kier alpha value is -2.49. The molecule has 1 heterocycles. The molecule has 1 aromatic carbocycles. The van der Waals surface area contributed by atoms with E-state index in [1.54, 1.807) is 17.0 Å². The molecule has 1 amide bonds. The lowest BCUT2D eigenvalue weighted by Crippen LogP contribution is -2.41. The summed E-state index contributed by atoms with van der Waals surface area (Å²) >= 11 is 0. The van der Waals surface area contributed by atoms with Crippen molar-refractivity contribution in [3.05, 3.63) is 47.3 Å². The van der Waals surface area contributed by atoms with Crippen molar-refractivity contribution in [3.63, 3.8) is 0 Å². The Bertz CT molecular complexity index is 1020. The Labute approximate surface area is 178 Å². The lowest BCUT2D eigenvalue weighted by atomic mass is 10.1. The number of aromatic nitrogens is 1. The van der Waals surface area contributed by atoms with Crippen LogP contribution in [0.15, 0.2) is 35.2 Å². The second kappa shape index (κ2) is 9.55. The van der Waals surface area contributed by atoms with E-state index in [2.05, 4.69) is 5.32 Å². The lowest BCUT2D eigenvalue weighted by Gasteiger charge is -2.20. The largest absolute Gasteiger partial charge is 0.353 e. The molecule has 0 bridgehead atoms. The Morgan fingerprint density at radius 3 is 2.23 bits per heavy atom. The van der Waals surface area contributed by atoms with E-state index < -0.39 is 10.0 Å². The number of Topliss-reactive ketones (excluding diaryl/α,β-unsaturated/α-hetero) is 1. The zero-order valence-electron chi connectivity index (χ0n) is 18.1. The van der Waals surface area contributed by atoms with Crippen molar-refractivity contribution in [3.8, 4) is 5.69 Å². The summed E-state index contributed by atoms with van der Waals surface area (Å²) in [5, 5.41) is 7.99. The van der Waals surface area contributed by atoms with Gasteiger partial charge in [0, 0.05) is 28.7 Å². The van der Waals surface area contributed by atoms with Crippen LogP contribution in [0.2, 0.25) is 0 Å². The molecule has 0 aliphatic heterocycles. The van der Waals surface area contributed by atoms with Crippen molar-refractivity contribution in [1.29, 1.82) is 0 Å². The summed E-state index contributed by atoms with van der Waals surface area (Å²) in [6.07, 6.45) is 0. The summed E-state index contributed by atoms with van der Waals surface area (Å²) in [5.41, 5.74) is 2.91. The Balaban J connectivity index is 2.23. The van der Waals surface area contributed by atoms with E-state index in [0.29, 0.717) is 12.1 Å². The molecule has 8 nitrogen and oxygen atoms in total. The second-order valence-corrected chi connectivity index (χ2v) is 9.17. The number of nitrogens with zero attached hydrogens (tertiary/aromatic N) is 2. The zero-order chi connectivity index (χ0) is 22.6. The average Bonchev–Trinajstić information content (AvgIpc) is 2.94. The van der Waals surface area contributed by atoms with Gasteiger partial charge in [0.15, 0.2) is 5.78 Å². The van der Waals surface area contributed by atoms with Crippen LogP contribution >= 0.6 is 0 Å². The van der Waals surface area contributed by atoms with E-state index in [9.17, 15) is 18.0 Å². The third-order valence-electron chi connectivity index (χ3n) is 4.79. The maximum atomic E-state index is 12.9. The van der Waals surface area contributed by atoms with E-state index in [1.807, 2.05) is 45.3 Å². The van der Waals surface area contributed by atoms with Crippen LogP contribution in [0, 0.1) is 13.8 Å². The smallest absolute Gasteiger partial charge is 0.238 e. The predicted octanol–water partition coefficient (Wildman–Crippen LogP) is 1.77. The molecule has 0 saturated carbocycles. The molecule has 0 saturated heterocycles. The van der Waals surface area contributed by atoms with Gasteiger partial charge in [-0.2, -0.15) is 0 Å². The maximum absolute atomic E-state index is 12.9. The first kappa shape index (κ1) is 23.8. The first-order valence-corrected chi connectivity index (χ1v) is 11.4. The number of benzene rings is 1. The number of hydrogen-bond acceptors (Lipinski definition) is 5. The highest BCUT2D eigenvalue weighted by Gasteiger charge is 2.20. The number of likely N-dealkylation sites (N-methyl/N-ethyl adjacent to an activating group) is 1. The number of nitrogens with two attached hydrogens (primary N) is 1. The van der Waals surface area contributed by atoms with Crippen molar-refractivity contribution < 1.29 is 18.0 Å². The van der Waals surface area contributed by atoms with E-state index >= 15 is 0 Å². The quantitative estimate of drug-likeness (QED) is 0.584. The second-order valence-electron chi connectivity index (χ2n) is 7.61. The molecule has 2 aromatic rings. The summed E-state index contributed by atoms with van der Waals surface area (Å²) in [6, 6.07) is 8.05. The van der Waals surface area contributed by atoms with Crippen LogP contribution in [0.4, 0.5) is 0 Å². The van der Waals surface area contributed by atoms with Crippen molar-refractivity contribution >= 4 is 21.7 Å². The average molecular weight is 435 g/mol. The van der Waals surface area contributed by atoms with Gasteiger partial charge >= 0.3 is 0 Å². The zero-order valence-corrected chi connectivity index (χ0v) is 18.9. The highest BCUT2D eigenvalue weighted by atomic mass is 32.2. The van der Waals surface area contributed by atoms with Gasteiger partial charge < -0.3 is 9.88 Å². The number of hydrogen-bond donors (Lipinski definition) is 2. The highest BCUT2D eigenvalue weighted by Crippen LogP contribution is 2.22. The fourth-order valence-electron chi connectivity index (χ4n) is 3.37. The van der Waals surface area contributed by atoms with Gasteiger partial charge in [-0.3, -0.25) is 14.5 Å². The molecular formula is C21H30N4O4S. The van der Waals surface area contributed by atoms with Gasteiger partial charge in [-0.05, 0) is 64.6 Å². The third kappa shape index (κ3) is 5.78. The fourth-order valence-corrected chi connectivity index (χ4v) is 3.88. The number of sulfonamides is 1. The van der Waals surface area contributed by atoms with E-state index in [1.165, 1.54) is 12.1 Å². The number of ketones is 1.